The first-order valence-corrected chi connectivity index (χ1v) is 8.72. The smallest absolute Gasteiger partial charge is 0.226 e. The van der Waals surface area contributed by atoms with E-state index in [2.05, 4.69) is 48.3 Å². The third kappa shape index (κ3) is 5.08. The summed E-state index contributed by atoms with van der Waals surface area (Å²) in [5.41, 5.74) is 2.55. The lowest BCUT2D eigenvalue weighted by Gasteiger charge is -2.33. The van der Waals surface area contributed by atoms with E-state index in [0.29, 0.717) is 18.7 Å². The van der Waals surface area contributed by atoms with Gasteiger partial charge in [0, 0.05) is 25.2 Å². The van der Waals surface area contributed by atoms with E-state index in [0.717, 1.165) is 25.4 Å². The first kappa shape index (κ1) is 17.5. The molecule has 1 aromatic rings. The quantitative estimate of drug-likeness (QED) is 0.784. The first-order chi connectivity index (χ1) is 11.1. The van der Waals surface area contributed by atoms with Gasteiger partial charge < -0.3 is 4.90 Å². The topological polar surface area (TPSA) is 49.4 Å². The monoisotopic (exact) mass is 316 g/mol. The van der Waals surface area contributed by atoms with E-state index in [9.17, 15) is 9.59 Å². The molecule has 0 spiro atoms. The van der Waals surface area contributed by atoms with Gasteiger partial charge in [-0.25, -0.2) is 0 Å². The van der Waals surface area contributed by atoms with Crippen molar-refractivity contribution in [2.24, 2.45) is 5.92 Å². The van der Waals surface area contributed by atoms with E-state index in [1.807, 2.05) is 0 Å². The molecule has 2 amide bonds. The Bertz CT molecular complexity index is 505. The molecule has 0 saturated carbocycles. The molecule has 23 heavy (non-hydrogen) atoms. The Kier molecular flexibility index (Phi) is 6.63. The third-order valence-corrected chi connectivity index (χ3v) is 5.04. The van der Waals surface area contributed by atoms with Crippen molar-refractivity contribution in [3.05, 3.63) is 29.8 Å². The molecule has 0 bridgehead atoms. The van der Waals surface area contributed by atoms with Gasteiger partial charge in [0.1, 0.15) is 0 Å². The number of carbonyl (C=O) groups excluding carboxylic acids is 2. The Balaban J connectivity index is 1.86. The molecule has 0 aliphatic carbocycles. The van der Waals surface area contributed by atoms with Crippen molar-refractivity contribution >= 4 is 18.0 Å². The predicted molar refractivity (Wildman–Crippen MR) is 93.5 cm³/mol. The number of hydrogen-bond acceptors (Lipinski definition) is 3. The van der Waals surface area contributed by atoms with Crippen molar-refractivity contribution in [2.75, 3.05) is 18.0 Å². The maximum atomic E-state index is 11.3. The van der Waals surface area contributed by atoms with Gasteiger partial charge >= 0.3 is 0 Å². The normalized spacial score (nSPS) is 16.9. The van der Waals surface area contributed by atoms with Crippen LogP contribution in [-0.4, -0.2) is 25.4 Å². The molecule has 4 heteroatoms. The van der Waals surface area contributed by atoms with Gasteiger partial charge in [-0.2, -0.15) is 0 Å². The van der Waals surface area contributed by atoms with Crippen LogP contribution >= 0.6 is 0 Å². The van der Waals surface area contributed by atoms with Crippen LogP contribution in [0, 0.1) is 5.92 Å². The van der Waals surface area contributed by atoms with Crippen molar-refractivity contribution < 1.29 is 9.59 Å². The minimum Gasteiger partial charge on any atom is -0.372 e. The predicted octanol–water partition coefficient (Wildman–Crippen LogP) is 3.47. The zero-order chi connectivity index (χ0) is 16.7. The number of imide groups is 1. The molecular formula is C19H28N2O2. The number of carbonyl (C=O) groups is 2. The maximum absolute atomic E-state index is 11.3. The fraction of sp³-hybridized carbons (Fsp3) is 0.579. The van der Waals surface area contributed by atoms with Gasteiger partial charge in [-0.1, -0.05) is 32.4 Å². The molecule has 1 saturated heterocycles. The molecule has 1 heterocycles. The Morgan fingerprint density at radius 3 is 2.52 bits per heavy atom. The van der Waals surface area contributed by atoms with E-state index in [-0.39, 0.29) is 5.91 Å². The van der Waals surface area contributed by atoms with Gasteiger partial charge in [-0.15, -0.1) is 0 Å². The summed E-state index contributed by atoms with van der Waals surface area (Å²) in [7, 11) is 0. The summed E-state index contributed by atoms with van der Waals surface area (Å²) in [6, 6.07) is 8.74. The maximum Gasteiger partial charge on any atom is 0.226 e. The number of amides is 2. The number of rotatable bonds is 7. The molecule has 1 fully saturated rings. The van der Waals surface area contributed by atoms with Crippen molar-refractivity contribution in [1.82, 2.24) is 5.32 Å². The van der Waals surface area contributed by atoms with Crippen molar-refractivity contribution in [3.8, 4) is 0 Å². The Hall–Kier alpha value is -1.84. The van der Waals surface area contributed by atoms with Crippen LogP contribution in [-0.2, 0) is 9.59 Å². The van der Waals surface area contributed by atoms with Crippen LogP contribution in [0.4, 0.5) is 5.69 Å². The van der Waals surface area contributed by atoms with Crippen LogP contribution < -0.4 is 10.2 Å². The number of hydrogen-bond donors (Lipinski definition) is 1. The Labute approximate surface area is 139 Å². The fourth-order valence-electron chi connectivity index (χ4n) is 3.27. The highest BCUT2D eigenvalue weighted by Crippen LogP contribution is 2.27. The molecule has 2 rings (SSSR count). The highest BCUT2D eigenvalue weighted by molar-refractivity contribution is 5.85. The highest BCUT2D eigenvalue weighted by atomic mass is 16.2. The Morgan fingerprint density at radius 2 is 1.96 bits per heavy atom. The van der Waals surface area contributed by atoms with Crippen LogP contribution in [0.1, 0.15) is 57.4 Å². The van der Waals surface area contributed by atoms with Crippen LogP contribution in [0.3, 0.4) is 0 Å². The van der Waals surface area contributed by atoms with Crippen LogP contribution in [0.15, 0.2) is 24.3 Å². The van der Waals surface area contributed by atoms with E-state index >= 15 is 0 Å². The minimum absolute atomic E-state index is 0.206. The van der Waals surface area contributed by atoms with Crippen molar-refractivity contribution in [2.45, 2.75) is 51.9 Å². The summed E-state index contributed by atoms with van der Waals surface area (Å²) in [6.07, 6.45) is 5.46. The van der Waals surface area contributed by atoms with E-state index in [1.54, 1.807) is 0 Å². The van der Waals surface area contributed by atoms with Gasteiger partial charge in [-0.3, -0.25) is 14.9 Å². The summed E-state index contributed by atoms with van der Waals surface area (Å²) < 4.78 is 0. The van der Waals surface area contributed by atoms with Gasteiger partial charge in [0.2, 0.25) is 12.3 Å². The molecule has 0 radical (unpaired) electrons. The lowest BCUT2D eigenvalue weighted by Crippen LogP contribution is -2.33. The molecule has 1 unspecified atom stereocenters. The SMILES string of the molecule is CCC1CCN(c2ccc(C(C)CCC(=O)NC=O)cc2)CC1. The molecule has 1 aliphatic heterocycles. The summed E-state index contributed by atoms with van der Waals surface area (Å²) in [5, 5.41) is 2.19. The van der Waals surface area contributed by atoms with Crippen LogP contribution in [0.25, 0.3) is 0 Å². The molecule has 126 valence electrons. The molecule has 0 aromatic heterocycles. The first-order valence-electron chi connectivity index (χ1n) is 8.72. The second-order valence-corrected chi connectivity index (χ2v) is 6.56. The van der Waals surface area contributed by atoms with Gasteiger partial charge in [0.25, 0.3) is 0 Å². The number of nitrogens with zero attached hydrogens (tertiary/aromatic N) is 1. The molecule has 1 aromatic carbocycles. The molecule has 1 aliphatic rings. The largest absolute Gasteiger partial charge is 0.372 e. The molecular weight excluding hydrogens is 288 g/mol. The zero-order valence-electron chi connectivity index (χ0n) is 14.3. The fourth-order valence-corrected chi connectivity index (χ4v) is 3.27. The standard InChI is InChI=1S/C19H28N2O2/c1-3-16-10-12-21(13-11-16)18-7-5-17(6-8-18)15(2)4-9-19(23)20-14-22/h5-8,14-16H,3-4,9-13H2,1-2H3,(H,20,22,23). The molecule has 1 N–H and O–H groups in total. The molecule has 4 nitrogen and oxygen atoms in total. The Morgan fingerprint density at radius 1 is 1.30 bits per heavy atom. The number of benzene rings is 1. The van der Waals surface area contributed by atoms with Gasteiger partial charge in [0.15, 0.2) is 0 Å². The third-order valence-electron chi connectivity index (χ3n) is 5.04. The number of anilines is 1. The van der Waals surface area contributed by atoms with Gasteiger partial charge in [0.05, 0.1) is 0 Å². The van der Waals surface area contributed by atoms with Gasteiger partial charge in [-0.05, 0) is 48.8 Å². The van der Waals surface area contributed by atoms with Crippen molar-refractivity contribution in [3.63, 3.8) is 0 Å². The van der Waals surface area contributed by atoms with Crippen LogP contribution in [0.5, 0.6) is 0 Å². The average molecular weight is 316 g/mol. The zero-order valence-corrected chi connectivity index (χ0v) is 14.3. The lowest BCUT2D eigenvalue weighted by atomic mass is 9.93. The molecule has 1 atom stereocenters. The van der Waals surface area contributed by atoms with E-state index in [1.165, 1.54) is 30.5 Å². The summed E-state index contributed by atoms with van der Waals surface area (Å²) >= 11 is 0. The summed E-state index contributed by atoms with van der Waals surface area (Å²) in [6.45, 7) is 6.71. The average Bonchev–Trinajstić information content (AvgIpc) is 2.60. The lowest BCUT2D eigenvalue weighted by molar-refractivity contribution is -0.125. The second kappa shape index (κ2) is 8.70. The number of piperidine rings is 1. The summed E-state index contributed by atoms with van der Waals surface area (Å²) in [5.74, 6) is 0.998. The summed E-state index contributed by atoms with van der Waals surface area (Å²) in [4.78, 5) is 24.0. The van der Waals surface area contributed by atoms with E-state index in [4.69, 9.17) is 0 Å². The van der Waals surface area contributed by atoms with Crippen LogP contribution in [0.2, 0.25) is 0 Å². The van der Waals surface area contributed by atoms with Crippen molar-refractivity contribution in [1.29, 1.82) is 0 Å². The second-order valence-electron chi connectivity index (χ2n) is 6.56. The minimum atomic E-state index is -0.206. The number of nitrogens with one attached hydrogen (secondary N) is 1. The highest BCUT2D eigenvalue weighted by Gasteiger charge is 2.18. The van der Waals surface area contributed by atoms with E-state index < -0.39 is 0 Å².